The van der Waals surface area contributed by atoms with Crippen molar-refractivity contribution in [2.24, 2.45) is 5.73 Å². The molecular formula is C13H17N3O4. The molecule has 3 N–H and O–H groups in total. The Balaban J connectivity index is 2.89. The van der Waals surface area contributed by atoms with Crippen LogP contribution >= 0.6 is 0 Å². The van der Waals surface area contributed by atoms with Crippen LogP contribution in [0.2, 0.25) is 0 Å². The zero-order chi connectivity index (χ0) is 15.3. The summed E-state index contributed by atoms with van der Waals surface area (Å²) < 4.78 is 0. The van der Waals surface area contributed by atoms with Crippen molar-refractivity contribution in [1.82, 2.24) is 4.90 Å². The summed E-state index contributed by atoms with van der Waals surface area (Å²) in [5.74, 6) is -1.98. The molecule has 0 aliphatic rings. The lowest BCUT2D eigenvalue weighted by Crippen LogP contribution is -2.47. The summed E-state index contributed by atoms with van der Waals surface area (Å²) in [7, 11) is 1.50. The molecule has 0 fully saturated rings. The summed E-state index contributed by atoms with van der Waals surface area (Å²) in [4.78, 5) is 36.0. The lowest BCUT2D eigenvalue weighted by Gasteiger charge is -2.26. The van der Waals surface area contributed by atoms with Gasteiger partial charge < -0.3 is 15.7 Å². The van der Waals surface area contributed by atoms with Gasteiger partial charge in [-0.25, -0.2) is 4.79 Å². The molecule has 0 aliphatic carbocycles. The molecule has 0 unspecified atom stereocenters. The first-order chi connectivity index (χ1) is 9.31. The largest absolute Gasteiger partial charge is 0.480 e. The fourth-order valence-corrected chi connectivity index (χ4v) is 1.63. The molecule has 7 heteroatoms. The number of aryl methyl sites for hydroxylation is 1. The van der Waals surface area contributed by atoms with Crippen molar-refractivity contribution in [3.8, 4) is 0 Å². The van der Waals surface area contributed by atoms with Gasteiger partial charge in [-0.1, -0.05) is 17.7 Å². The van der Waals surface area contributed by atoms with Gasteiger partial charge in [0.25, 0.3) is 0 Å². The Morgan fingerprint density at radius 1 is 1.15 bits per heavy atom. The van der Waals surface area contributed by atoms with E-state index in [4.69, 9.17) is 10.8 Å². The number of nitrogens with two attached hydrogens (primary N) is 1. The minimum Gasteiger partial charge on any atom is -0.480 e. The van der Waals surface area contributed by atoms with Crippen LogP contribution < -0.4 is 10.6 Å². The number of carbonyl (C=O) groups excluding carboxylic acids is 2. The highest BCUT2D eigenvalue weighted by atomic mass is 16.4. The molecule has 1 aromatic carbocycles. The fourth-order valence-electron chi connectivity index (χ4n) is 1.63. The number of hydrogen-bond acceptors (Lipinski definition) is 3. The van der Waals surface area contributed by atoms with E-state index >= 15 is 0 Å². The highest BCUT2D eigenvalue weighted by Crippen LogP contribution is 2.15. The number of hydrogen-bond donors (Lipinski definition) is 2. The number of carboxylic acid groups (broad SMARTS) is 1. The topological polar surface area (TPSA) is 104 Å². The molecule has 20 heavy (non-hydrogen) atoms. The number of primary amides is 1. The first-order valence-corrected chi connectivity index (χ1v) is 5.90. The summed E-state index contributed by atoms with van der Waals surface area (Å²) in [5, 5.41) is 8.77. The molecule has 7 nitrogen and oxygen atoms in total. The molecule has 0 saturated heterocycles. The number of anilines is 1. The normalized spacial score (nSPS) is 9.90. The minimum absolute atomic E-state index is 0.443. The van der Waals surface area contributed by atoms with E-state index in [0.29, 0.717) is 5.69 Å². The predicted molar refractivity (Wildman–Crippen MR) is 73.4 cm³/mol. The Morgan fingerprint density at radius 3 is 2.15 bits per heavy atom. The average Bonchev–Trinajstić information content (AvgIpc) is 2.36. The molecule has 0 aliphatic heterocycles. The molecule has 108 valence electrons. The molecule has 0 spiro atoms. The summed E-state index contributed by atoms with van der Waals surface area (Å²) in [6, 6.07) is 6.52. The summed E-state index contributed by atoms with van der Waals surface area (Å²) in [6.45, 7) is 0.884. The zero-order valence-corrected chi connectivity index (χ0v) is 11.4. The molecule has 0 radical (unpaired) electrons. The molecule has 0 saturated carbocycles. The summed E-state index contributed by atoms with van der Waals surface area (Å²) in [5.41, 5.74) is 6.66. The van der Waals surface area contributed by atoms with Gasteiger partial charge in [-0.2, -0.15) is 0 Å². The molecule has 0 heterocycles. The van der Waals surface area contributed by atoms with Gasteiger partial charge in [0.1, 0.15) is 13.1 Å². The Bertz CT molecular complexity index is 497. The first-order valence-electron chi connectivity index (χ1n) is 5.90. The van der Waals surface area contributed by atoms with Crippen LogP contribution in [0.1, 0.15) is 5.56 Å². The third-order valence-electron chi connectivity index (χ3n) is 2.65. The maximum atomic E-state index is 12.2. The van der Waals surface area contributed by atoms with Crippen LogP contribution in [-0.4, -0.2) is 48.1 Å². The van der Waals surface area contributed by atoms with E-state index < -0.39 is 31.0 Å². The quantitative estimate of drug-likeness (QED) is 0.815. The van der Waals surface area contributed by atoms with Crippen LogP contribution in [0, 0.1) is 6.92 Å². The number of carboxylic acids is 1. The van der Waals surface area contributed by atoms with Crippen LogP contribution in [0.5, 0.6) is 0 Å². The van der Waals surface area contributed by atoms with E-state index in [1.54, 1.807) is 12.1 Å². The Kier molecular flexibility index (Phi) is 5.08. The molecule has 0 atom stereocenters. The molecule has 3 amide bonds. The molecular weight excluding hydrogens is 262 g/mol. The van der Waals surface area contributed by atoms with Crippen LogP contribution in [0.3, 0.4) is 0 Å². The second-order valence-corrected chi connectivity index (χ2v) is 4.39. The lowest BCUT2D eigenvalue weighted by atomic mass is 10.2. The van der Waals surface area contributed by atoms with Crippen molar-refractivity contribution in [1.29, 1.82) is 0 Å². The van der Waals surface area contributed by atoms with E-state index in [1.165, 1.54) is 11.9 Å². The van der Waals surface area contributed by atoms with Crippen molar-refractivity contribution in [2.75, 3.05) is 25.0 Å². The lowest BCUT2D eigenvalue weighted by molar-refractivity contribution is -0.137. The van der Waals surface area contributed by atoms with E-state index in [2.05, 4.69) is 0 Å². The average molecular weight is 279 g/mol. The number of carbonyl (C=O) groups is 3. The number of nitrogens with zero attached hydrogens (tertiary/aromatic N) is 2. The second kappa shape index (κ2) is 6.55. The summed E-state index contributed by atoms with van der Waals surface area (Å²) in [6.07, 6.45) is 0. The monoisotopic (exact) mass is 279 g/mol. The third-order valence-corrected chi connectivity index (χ3v) is 2.65. The Morgan fingerprint density at radius 2 is 1.70 bits per heavy atom. The van der Waals surface area contributed by atoms with Crippen LogP contribution in [0.15, 0.2) is 24.3 Å². The van der Waals surface area contributed by atoms with Crippen molar-refractivity contribution in [2.45, 2.75) is 6.92 Å². The number of benzene rings is 1. The number of rotatable bonds is 5. The molecule has 0 aromatic heterocycles. The minimum atomic E-state index is -1.21. The fraction of sp³-hybridized carbons (Fsp3) is 0.308. The van der Waals surface area contributed by atoms with Crippen molar-refractivity contribution >= 4 is 23.6 Å². The van der Waals surface area contributed by atoms with Crippen molar-refractivity contribution < 1.29 is 19.5 Å². The van der Waals surface area contributed by atoms with E-state index in [1.807, 2.05) is 19.1 Å². The summed E-state index contributed by atoms with van der Waals surface area (Å²) >= 11 is 0. The number of aliphatic carboxylic acids is 1. The van der Waals surface area contributed by atoms with Crippen LogP contribution in [0.4, 0.5) is 10.5 Å². The van der Waals surface area contributed by atoms with Gasteiger partial charge in [0, 0.05) is 12.7 Å². The standard InChI is InChI=1S/C13H17N3O4/c1-9-3-5-10(6-4-9)15(2)13(20)16(7-11(14)17)8-12(18)19/h3-6H,7-8H2,1-2H3,(H2,14,17)(H,18,19). The molecule has 0 bridgehead atoms. The van der Waals surface area contributed by atoms with Crippen LogP contribution in [0.25, 0.3) is 0 Å². The number of amides is 3. The van der Waals surface area contributed by atoms with Gasteiger partial charge in [-0.3, -0.25) is 14.5 Å². The van der Waals surface area contributed by atoms with E-state index in [-0.39, 0.29) is 0 Å². The maximum absolute atomic E-state index is 12.2. The molecule has 1 rings (SSSR count). The van der Waals surface area contributed by atoms with Crippen molar-refractivity contribution in [3.63, 3.8) is 0 Å². The smallest absolute Gasteiger partial charge is 0.325 e. The van der Waals surface area contributed by atoms with Gasteiger partial charge in [0.2, 0.25) is 5.91 Å². The highest BCUT2D eigenvalue weighted by molar-refractivity contribution is 5.95. The maximum Gasteiger partial charge on any atom is 0.325 e. The highest BCUT2D eigenvalue weighted by Gasteiger charge is 2.22. The zero-order valence-electron chi connectivity index (χ0n) is 11.4. The second-order valence-electron chi connectivity index (χ2n) is 4.39. The SMILES string of the molecule is Cc1ccc(N(C)C(=O)N(CC(N)=O)CC(=O)O)cc1. The third kappa shape index (κ3) is 4.27. The first kappa shape index (κ1) is 15.5. The molecule has 1 aromatic rings. The van der Waals surface area contributed by atoms with Gasteiger partial charge in [0.15, 0.2) is 0 Å². The van der Waals surface area contributed by atoms with Gasteiger partial charge in [-0.05, 0) is 19.1 Å². The van der Waals surface area contributed by atoms with E-state index in [9.17, 15) is 14.4 Å². The Hall–Kier alpha value is -2.57. The van der Waals surface area contributed by atoms with Gasteiger partial charge in [0.05, 0.1) is 0 Å². The van der Waals surface area contributed by atoms with E-state index in [0.717, 1.165) is 10.5 Å². The number of urea groups is 1. The van der Waals surface area contributed by atoms with Crippen LogP contribution in [-0.2, 0) is 9.59 Å². The van der Waals surface area contributed by atoms with Crippen molar-refractivity contribution in [3.05, 3.63) is 29.8 Å². The van der Waals surface area contributed by atoms with Gasteiger partial charge in [-0.15, -0.1) is 0 Å². The Labute approximate surface area is 116 Å². The predicted octanol–water partition coefficient (Wildman–Crippen LogP) is 0.423. The van der Waals surface area contributed by atoms with Gasteiger partial charge >= 0.3 is 12.0 Å².